The molecule has 0 radical (unpaired) electrons. The molecule has 2 bridgehead atoms. The largest absolute Gasteiger partial charge is 0.462 e. The predicted octanol–water partition coefficient (Wildman–Crippen LogP) is 2.44. The van der Waals surface area contributed by atoms with Crippen LogP contribution in [0.15, 0.2) is 18.2 Å². The molecule has 1 aromatic rings. The van der Waals surface area contributed by atoms with E-state index >= 15 is 0 Å². The van der Waals surface area contributed by atoms with E-state index in [9.17, 15) is 9.59 Å². The van der Waals surface area contributed by atoms with Crippen LogP contribution < -0.4 is 5.32 Å². The van der Waals surface area contributed by atoms with E-state index in [1.807, 2.05) is 32.0 Å². The first kappa shape index (κ1) is 12.9. The minimum Gasteiger partial charge on any atom is -0.462 e. The van der Waals surface area contributed by atoms with Crippen LogP contribution in [-0.2, 0) is 14.3 Å². The van der Waals surface area contributed by atoms with Gasteiger partial charge in [-0.1, -0.05) is 18.2 Å². The lowest BCUT2D eigenvalue weighted by Crippen LogP contribution is -2.36. The van der Waals surface area contributed by atoms with E-state index in [1.54, 1.807) is 0 Å². The number of para-hydroxylation sites is 1. The summed E-state index contributed by atoms with van der Waals surface area (Å²) in [5, 5.41) is 3.06. The fourth-order valence-electron chi connectivity index (χ4n) is 4.58. The minimum atomic E-state index is -0.210. The molecular formula is C17H19NO3. The number of amides is 1. The number of hydrogen-bond donors (Lipinski definition) is 1. The molecule has 0 aromatic heterocycles. The highest BCUT2D eigenvalue weighted by atomic mass is 16.6. The molecule has 0 unspecified atom stereocenters. The minimum absolute atomic E-state index is 0.0119. The number of ether oxygens (including phenoxy) is 1. The van der Waals surface area contributed by atoms with Crippen LogP contribution >= 0.6 is 0 Å². The smallest absolute Gasteiger partial charge is 0.310 e. The van der Waals surface area contributed by atoms with Crippen molar-refractivity contribution in [2.45, 2.75) is 32.8 Å². The molecule has 1 saturated heterocycles. The number of nitrogens with one attached hydrogen (secondary N) is 1. The summed E-state index contributed by atoms with van der Waals surface area (Å²) in [4.78, 5) is 24.7. The Labute approximate surface area is 123 Å². The van der Waals surface area contributed by atoms with E-state index in [0.717, 1.165) is 29.7 Å². The van der Waals surface area contributed by atoms with Crippen molar-refractivity contribution >= 4 is 17.6 Å². The van der Waals surface area contributed by atoms with Gasteiger partial charge in [0.25, 0.3) is 0 Å². The van der Waals surface area contributed by atoms with Crippen molar-refractivity contribution in [3.63, 3.8) is 0 Å². The molecule has 3 fully saturated rings. The second-order valence-corrected chi connectivity index (χ2v) is 6.68. The van der Waals surface area contributed by atoms with Gasteiger partial charge in [0.05, 0.1) is 11.8 Å². The molecule has 1 N–H and O–H groups in total. The van der Waals surface area contributed by atoms with E-state index < -0.39 is 0 Å². The number of aryl methyl sites for hydroxylation is 2. The molecule has 2 aliphatic carbocycles. The normalized spacial score (nSPS) is 35.9. The Morgan fingerprint density at radius 2 is 1.95 bits per heavy atom. The van der Waals surface area contributed by atoms with E-state index in [4.69, 9.17) is 4.74 Å². The zero-order valence-electron chi connectivity index (χ0n) is 12.3. The lowest BCUT2D eigenvalue weighted by molar-refractivity contribution is -0.145. The van der Waals surface area contributed by atoms with Crippen molar-refractivity contribution in [2.75, 3.05) is 5.32 Å². The summed E-state index contributed by atoms with van der Waals surface area (Å²) in [7, 11) is 0. The highest BCUT2D eigenvalue weighted by Gasteiger charge is 2.63. The summed E-state index contributed by atoms with van der Waals surface area (Å²) in [5.74, 6) is -0.0100. The Morgan fingerprint density at radius 1 is 1.24 bits per heavy atom. The Morgan fingerprint density at radius 3 is 2.67 bits per heavy atom. The van der Waals surface area contributed by atoms with Crippen LogP contribution in [0.4, 0.5) is 5.69 Å². The van der Waals surface area contributed by atoms with E-state index in [2.05, 4.69) is 5.32 Å². The molecule has 3 aliphatic rings. The molecular weight excluding hydrogens is 266 g/mol. The quantitative estimate of drug-likeness (QED) is 0.849. The molecule has 4 rings (SSSR count). The Kier molecular flexibility index (Phi) is 2.65. The van der Waals surface area contributed by atoms with Gasteiger partial charge in [-0.2, -0.15) is 0 Å². The van der Waals surface area contributed by atoms with Gasteiger partial charge >= 0.3 is 5.97 Å². The fraction of sp³-hybridized carbons (Fsp3) is 0.529. The number of carbonyl (C=O) groups is 2. The number of rotatable bonds is 2. The molecule has 21 heavy (non-hydrogen) atoms. The molecule has 1 aromatic carbocycles. The Balaban J connectivity index is 1.60. The molecule has 2 saturated carbocycles. The number of benzene rings is 1. The molecule has 1 amide bonds. The van der Waals surface area contributed by atoms with Gasteiger partial charge in [-0.3, -0.25) is 9.59 Å². The number of hydrogen-bond acceptors (Lipinski definition) is 3. The van der Waals surface area contributed by atoms with Gasteiger partial charge in [-0.05, 0) is 43.7 Å². The second kappa shape index (κ2) is 4.33. The van der Waals surface area contributed by atoms with Gasteiger partial charge in [0.1, 0.15) is 6.10 Å². The van der Waals surface area contributed by atoms with Crippen LogP contribution in [0.5, 0.6) is 0 Å². The van der Waals surface area contributed by atoms with Gasteiger partial charge in [0.15, 0.2) is 0 Å². The average molecular weight is 285 g/mol. The monoisotopic (exact) mass is 285 g/mol. The maximum atomic E-state index is 12.7. The van der Waals surface area contributed by atoms with Crippen molar-refractivity contribution in [3.05, 3.63) is 29.3 Å². The van der Waals surface area contributed by atoms with Crippen LogP contribution in [-0.4, -0.2) is 18.0 Å². The molecule has 0 spiro atoms. The first-order chi connectivity index (χ1) is 10.1. The van der Waals surface area contributed by atoms with E-state index in [-0.39, 0.29) is 35.7 Å². The van der Waals surface area contributed by atoms with Crippen LogP contribution in [0.2, 0.25) is 0 Å². The van der Waals surface area contributed by atoms with Crippen molar-refractivity contribution in [1.29, 1.82) is 0 Å². The number of fused-ring (bicyclic) bond motifs is 1. The number of anilines is 1. The third-order valence-electron chi connectivity index (χ3n) is 5.52. The van der Waals surface area contributed by atoms with E-state index in [0.29, 0.717) is 5.92 Å². The highest BCUT2D eigenvalue weighted by molar-refractivity contribution is 5.97. The third kappa shape index (κ3) is 1.74. The standard InChI is InChI=1S/C17H19NO3/c1-8-4-3-5-9(2)15(8)18-16(19)13-10-6-11-12(7-10)21-17(20)14(11)13/h3-5,10-14H,6-7H2,1-2H3,(H,18,19)/t10-,11-,12-,13+,14+/m1/s1. The SMILES string of the molecule is Cc1cccc(C)c1NC(=O)[C@H]1[C@@H]2C[C@H]3[C@@H]1C(=O)O[C@@H]3C2. The van der Waals surface area contributed by atoms with Gasteiger partial charge in [-0.15, -0.1) is 0 Å². The van der Waals surface area contributed by atoms with E-state index in [1.165, 1.54) is 0 Å². The average Bonchev–Trinajstić information content (AvgIpc) is 3.04. The summed E-state index contributed by atoms with van der Waals surface area (Å²) < 4.78 is 5.40. The van der Waals surface area contributed by atoms with Crippen molar-refractivity contribution < 1.29 is 14.3 Å². The Hall–Kier alpha value is -1.84. The topological polar surface area (TPSA) is 55.4 Å². The van der Waals surface area contributed by atoms with Crippen LogP contribution in [0.3, 0.4) is 0 Å². The third-order valence-corrected chi connectivity index (χ3v) is 5.52. The van der Waals surface area contributed by atoms with Crippen LogP contribution in [0, 0.1) is 37.5 Å². The molecule has 4 nitrogen and oxygen atoms in total. The Bertz CT molecular complexity index is 617. The first-order valence-corrected chi connectivity index (χ1v) is 7.64. The molecule has 110 valence electrons. The second-order valence-electron chi connectivity index (χ2n) is 6.68. The van der Waals surface area contributed by atoms with Crippen molar-refractivity contribution in [3.8, 4) is 0 Å². The molecule has 4 heteroatoms. The molecule has 1 heterocycles. The van der Waals surface area contributed by atoms with Gasteiger partial charge in [0, 0.05) is 11.6 Å². The van der Waals surface area contributed by atoms with Crippen LogP contribution in [0.1, 0.15) is 24.0 Å². The molecule has 5 atom stereocenters. The first-order valence-electron chi connectivity index (χ1n) is 7.64. The maximum absolute atomic E-state index is 12.7. The zero-order valence-corrected chi connectivity index (χ0v) is 12.3. The van der Waals surface area contributed by atoms with Gasteiger partial charge < -0.3 is 10.1 Å². The summed E-state index contributed by atoms with van der Waals surface area (Å²) in [6.45, 7) is 3.98. The summed E-state index contributed by atoms with van der Waals surface area (Å²) in [6.07, 6.45) is 1.90. The zero-order chi connectivity index (χ0) is 14.7. The van der Waals surface area contributed by atoms with Crippen molar-refractivity contribution in [2.24, 2.45) is 23.7 Å². The summed E-state index contributed by atoms with van der Waals surface area (Å²) in [5.41, 5.74) is 2.99. The van der Waals surface area contributed by atoms with Crippen molar-refractivity contribution in [1.82, 2.24) is 0 Å². The maximum Gasteiger partial charge on any atom is 0.310 e. The highest BCUT2D eigenvalue weighted by Crippen LogP contribution is 2.57. The van der Waals surface area contributed by atoms with Gasteiger partial charge in [0.2, 0.25) is 5.91 Å². The number of carbonyl (C=O) groups excluding carboxylic acids is 2. The number of esters is 1. The summed E-state index contributed by atoms with van der Waals surface area (Å²) in [6, 6.07) is 5.96. The van der Waals surface area contributed by atoms with Gasteiger partial charge in [-0.25, -0.2) is 0 Å². The van der Waals surface area contributed by atoms with Crippen LogP contribution in [0.25, 0.3) is 0 Å². The molecule has 1 aliphatic heterocycles. The fourth-order valence-corrected chi connectivity index (χ4v) is 4.58. The lowest BCUT2D eigenvalue weighted by Gasteiger charge is -2.24. The predicted molar refractivity (Wildman–Crippen MR) is 77.6 cm³/mol. The summed E-state index contributed by atoms with van der Waals surface area (Å²) >= 11 is 0. The lowest BCUT2D eigenvalue weighted by atomic mass is 9.79.